The number of aliphatic hydroxyl groups is 1. The molecule has 5 rings (SSSR count). The van der Waals surface area contributed by atoms with Gasteiger partial charge in [0, 0.05) is 0 Å². The summed E-state index contributed by atoms with van der Waals surface area (Å²) in [6.07, 6.45) is 12.7. The molecule has 1 N–H and O–H groups in total. The Morgan fingerprint density at radius 1 is 0.885 bits per heavy atom. The summed E-state index contributed by atoms with van der Waals surface area (Å²) >= 11 is 0. The van der Waals surface area contributed by atoms with E-state index in [1.165, 1.54) is 44.1 Å². The Morgan fingerprint density at radius 2 is 1.65 bits per heavy atom. The zero-order chi connectivity index (χ0) is 17.9. The van der Waals surface area contributed by atoms with Crippen molar-refractivity contribution in [2.45, 2.75) is 70.8 Å². The van der Waals surface area contributed by atoms with Gasteiger partial charge in [-0.15, -0.1) is 0 Å². The smallest absolute Gasteiger partial charge is 0.0622 e. The number of benzene rings is 1. The average molecular weight is 351 g/mol. The van der Waals surface area contributed by atoms with E-state index < -0.39 is 5.60 Å². The van der Waals surface area contributed by atoms with Crippen LogP contribution >= 0.6 is 0 Å². The fourth-order valence-corrected chi connectivity index (χ4v) is 7.71. The first kappa shape index (κ1) is 17.0. The van der Waals surface area contributed by atoms with Gasteiger partial charge in [0.25, 0.3) is 0 Å². The van der Waals surface area contributed by atoms with Crippen molar-refractivity contribution in [2.75, 3.05) is 0 Å². The number of hydrogen-bond acceptors (Lipinski definition) is 1. The Kier molecular flexibility index (Phi) is 3.91. The van der Waals surface area contributed by atoms with E-state index in [0.717, 1.165) is 42.4 Å². The van der Waals surface area contributed by atoms with Crippen LogP contribution in [0.2, 0.25) is 0 Å². The van der Waals surface area contributed by atoms with Gasteiger partial charge in [-0.05, 0) is 104 Å². The van der Waals surface area contributed by atoms with E-state index in [-0.39, 0.29) is 0 Å². The topological polar surface area (TPSA) is 20.2 Å². The molecule has 1 aromatic carbocycles. The Bertz CT molecular complexity index is 702. The molecule has 1 aromatic rings. The summed E-state index contributed by atoms with van der Waals surface area (Å²) in [4.78, 5) is 0. The molecule has 4 aliphatic carbocycles. The van der Waals surface area contributed by atoms with Crippen LogP contribution in [-0.2, 0) is 0 Å². The summed E-state index contributed by atoms with van der Waals surface area (Å²) in [7, 11) is 0. The van der Waals surface area contributed by atoms with E-state index in [1.807, 2.05) is 0 Å². The first-order valence-corrected chi connectivity index (χ1v) is 11.0. The highest BCUT2D eigenvalue weighted by Gasteiger charge is 2.55. The second kappa shape index (κ2) is 5.96. The van der Waals surface area contributed by atoms with Crippen molar-refractivity contribution in [2.24, 2.45) is 35.0 Å². The highest BCUT2D eigenvalue weighted by atomic mass is 16.3. The summed E-state index contributed by atoms with van der Waals surface area (Å²) in [5.74, 6) is 4.36. The Morgan fingerprint density at radius 3 is 2.46 bits per heavy atom. The third-order valence-electron chi connectivity index (χ3n) is 8.90. The van der Waals surface area contributed by atoms with Crippen molar-refractivity contribution in [3.8, 4) is 0 Å². The molecule has 4 aliphatic rings. The zero-order valence-electron chi connectivity index (χ0n) is 16.5. The molecule has 7 atom stereocenters. The summed E-state index contributed by atoms with van der Waals surface area (Å²) in [6.45, 7) is 4.64. The van der Waals surface area contributed by atoms with Gasteiger partial charge >= 0.3 is 0 Å². The zero-order valence-corrected chi connectivity index (χ0v) is 16.5. The third kappa shape index (κ3) is 2.53. The molecule has 1 nitrogen and oxygen atoms in total. The van der Waals surface area contributed by atoms with Crippen molar-refractivity contribution in [3.05, 3.63) is 42.0 Å². The largest absolute Gasteiger partial charge is 0.390 e. The van der Waals surface area contributed by atoms with E-state index in [9.17, 15) is 5.11 Å². The minimum atomic E-state index is -0.396. The molecule has 0 spiro atoms. The van der Waals surface area contributed by atoms with E-state index in [2.05, 4.69) is 50.3 Å². The molecule has 0 radical (unpaired) electrons. The molecule has 0 heterocycles. The van der Waals surface area contributed by atoms with Gasteiger partial charge in [0.2, 0.25) is 0 Å². The summed E-state index contributed by atoms with van der Waals surface area (Å²) in [6, 6.07) is 11.1. The summed E-state index contributed by atoms with van der Waals surface area (Å²) in [5.41, 5.74) is 3.08. The van der Waals surface area contributed by atoms with Gasteiger partial charge in [-0.25, -0.2) is 0 Å². The van der Waals surface area contributed by atoms with Crippen molar-refractivity contribution in [3.63, 3.8) is 0 Å². The van der Waals surface area contributed by atoms with Gasteiger partial charge in [-0.2, -0.15) is 0 Å². The summed E-state index contributed by atoms with van der Waals surface area (Å²) < 4.78 is 0. The lowest BCUT2D eigenvalue weighted by molar-refractivity contribution is -0.0886. The molecular weight excluding hydrogens is 316 g/mol. The average Bonchev–Trinajstić information content (AvgIpc) is 2.98. The lowest BCUT2D eigenvalue weighted by atomic mass is 9.49. The van der Waals surface area contributed by atoms with E-state index >= 15 is 0 Å². The predicted octanol–water partition coefficient (Wildman–Crippen LogP) is 6.08. The van der Waals surface area contributed by atoms with Crippen molar-refractivity contribution in [1.82, 2.24) is 0 Å². The van der Waals surface area contributed by atoms with Crippen LogP contribution in [0.4, 0.5) is 0 Å². The molecule has 3 fully saturated rings. The van der Waals surface area contributed by atoms with Gasteiger partial charge in [-0.1, -0.05) is 43.3 Å². The maximum Gasteiger partial charge on any atom is 0.0622 e. The van der Waals surface area contributed by atoms with Crippen LogP contribution in [0.25, 0.3) is 5.57 Å². The highest BCUT2D eigenvalue weighted by Crippen LogP contribution is 2.64. The first-order valence-electron chi connectivity index (χ1n) is 11.0. The predicted molar refractivity (Wildman–Crippen MR) is 108 cm³/mol. The van der Waals surface area contributed by atoms with Gasteiger partial charge in [0.05, 0.1) is 5.60 Å². The normalized spacial score (nSPS) is 47.5. The number of allylic oxidation sites excluding steroid dienone is 2. The van der Waals surface area contributed by atoms with Crippen LogP contribution in [0, 0.1) is 35.0 Å². The molecule has 140 valence electrons. The fourth-order valence-electron chi connectivity index (χ4n) is 7.71. The minimum absolute atomic E-state index is 0.384. The molecule has 0 aliphatic heterocycles. The van der Waals surface area contributed by atoms with Crippen molar-refractivity contribution < 1.29 is 5.11 Å². The van der Waals surface area contributed by atoms with Crippen molar-refractivity contribution >= 4 is 5.57 Å². The molecule has 1 heteroatoms. The van der Waals surface area contributed by atoms with Crippen LogP contribution < -0.4 is 0 Å². The van der Waals surface area contributed by atoms with Gasteiger partial charge in [0.15, 0.2) is 0 Å². The molecular formula is C25H34O. The van der Waals surface area contributed by atoms with Crippen LogP contribution in [0.5, 0.6) is 0 Å². The number of rotatable bonds is 1. The minimum Gasteiger partial charge on any atom is -0.390 e. The monoisotopic (exact) mass is 350 g/mol. The van der Waals surface area contributed by atoms with Crippen molar-refractivity contribution in [1.29, 1.82) is 0 Å². The number of hydrogen-bond donors (Lipinski definition) is 1. The molecule has 0 bridgehead atoms. The highest BCUT2D eigenvalue weighted by molar-refractivity contribution is 5.72. The second-order valence-electron chi connectivity index (χ2n) is 10.4. The molecule has 0 unspecified atom stereocenters. The van der Waals surface area contributed by atoms with Gasteiger partial charge in [0.1, 0.15) is 0 Å². The maximum absolute atomic E-state index is 10.6. The second-order valence-corrected chi connectivity index (χ2v) is 10.4. The van der Waals surface area contributed by atoms with E-state index in [0.29, 0.717) is 5.41 Å². The van der Waals surface area contributed by atoms with Crippen LogP contribution in [-0.4, -0.2) is 10.7 Å². The van der Waals surface area contributed by atoms with E-state index in [4.69, 9.17) is 0 Å². The van der Waals surface area contributed by atoms with Gasteiger partial charge < -0.3 is 5.11 Å². The quantitative estimate of drug-likeness (QED) is 0.650. The molecule has 3 saturated carbocycles. The Hall–Kier alpha value is -1.08. The van der Waals surface area contributed by atoms with Crippen LogP contribution in [0.1, 0.15) is 70.8 Å². The molecule has 0 aromatic heterocycles. The van der Waals surface area contributed by atoms with Crippen LogP contribution in [0.15, 0.2) is 36.4 Å². The number of fused-ring (bicyclic) bond motifs is 5. The third-order valence-corrected chi connectivity index (χ3v) is 8.90. The van der Waals surface area contributed by atoms with Crippen LogP contribution in [0.3, 0.4) is 0 Å². The molecule has 0 amide bonds. The Balaban J connectivity index is 1.40. The summed E-state index contributed by atoms with van der Waals surface area (Å²) in [5, 5.41) is 10.6. The standard InChI is InChI=1S/C25H34O/c1-24(26)14-12-19-18(16-24)8-9-21-20(19)13-15-25(2)22(10-11-23(21)25)17-6-4-3-5-7-17/h3-7,10,18-21,23,26H,8-9,11-16H2,1-2H3/t18-,19+,20-,21-,23+,24-,25-/m1/s1. The fraction of sp³-hybridized carbons (Fsp3) is 0.680. The van der Waals surface area contributed by atoms with E-state index in [1.54, 1.807) is 5.57 Å². The SMILES string of the molecule is C[C@@]1(O)CC[C@H]2[C@H](CC[C@@H]3[C@@H]2CC[C@]2(C)C(c4ccccc4)=CC[C@@H]32)C1. The molecule has 0 saturated heterocycles. The maximum atomic E-state index is 10.6. The Labute approximate surface area is 158 Å². The lowest BCUT2D eigenvalue weighted by Gasteiger charge is -2.56. The van der Waals surface area contributed by atoms with Gasteiger partial charge in [-0.3, -0.25) is 0 Å². The first-order chi connectivity index (χ1) is 12.5. The molecule has 26 heavy (non-hydrogen) atoms. The lowest BCUT2D eigenvalue weighted by Crippen LogP contribution is -2.49.